The van der Waals surface area contributed by atoms with Gasteiger partial charge in [0.05, 0.1) is 19.2 Å². The summed E-state index contributed by atoms with van der Waals surface area (Å²) >= 11 is 0. The van der Waals surface area contributed by atoms with Gasteiger partial charge in [0.1, 0.15) is 0 Å². The van der Waals surface area contributed by atoms with Crippen molar-refractivity contribution in [2.45, 2.75) is 31.4 Å². The number of rotatable bonds is 4. The van der Waals surface area contributed by atoms with Crippen molar-refractivity contribution < 1.29 is 23.1 Å². The zero-order valence-electron chi connectivity index (χ0n) is 11.5. The number of nitrogens with one attached hydrogen (secondary N) is 2. The van der Waals surface area contributed by atoms with Gasteiger partial charge in [-0.15, -0.1) is 0 Å². The lowest BCUT2D eigenvalue weighted by Crippen LogP contribution is -2.45. The van der Waals surface area contributed by atoms with Crippen molar-refractivity contribution in [3.63, 3.8) is 0 Å². The maximum atomic E-state index is 13.0. The average molecular weight is 299 g/mol. The highest BCUT2D eigenvalue weighted by molar-refractivity contribution is 5.86. The molecule has 2 rings (SSSR count). The molecule has 21 heavy (non-hydrogen) atoms. The molecule has 1 saturated heterocycles. The Morgan fingerprint density at radius 2 is 2.29 bits per heavy atom. The van der Waals surface area contributed by atoms with E-state index in [9.17, 15) is 18.4 Å². The van der Waals surface area contributed by atoms with Gasteiger partial charge in [-0.2, -0.15) is 8.78 Å². The predicted octanol–water partition coefficient (Wildman–Crippen LogP) is 0.791. The van der Waals surface area contributed by atoms with Gasteiger partial charge in [-0.3, -0.25) is 9.59 Å². The summed E-state index contributed by atoms with van der Waals surface area (Å²) < 4.78 is 30.9. The molecule has 1 aliphatic rings. The summed E-state index contributed by atoms with van der Waals surface area (Å²) in [4.78, 5) is 26.8. The minimum absolute atomic E-state index is 0.0584. The summed E-state index contributed by atoms with van der Waals surface area (Å²) in [5.74, 6) is -4.89. The minimum atomic E-state index is -3.49. The van der Waals surface area contributed by atoms with E-state index in [0.717, 1.165) is 0 Å². The van der Waals surface area contributed by atoms with E-state index in [0.29, 0.717) is 18.4 Å². The van der Waals surface area contributed by atoms with Gasteiger partial charge in [-0.05, 0) is 11.6 Å². The Hall–Kier alpha value is -2.25. The fraction of sp³-hybridized carbons (Fsp3) is 0.462. The first-order valence-corrected chi connectivity index (χ1v) is 6.29. The molecule has 1 aromatic heterocycles. The highest BCUT2D eigenvalue weighted by atomic mass is 19.3. The number of pyridine rings is 1. The molecular formula is C13H15F2N3O3. The molecule has 8 heteroatoms. The van der Waals surface area contributed by atoms with E-state index in [4.69, 9.17) is 4.74 Å². The van der Waals surface area contributed by atoms with Crippen molar-refractivity contribution >= 4 is 11.8 Å². The molecule has 0 aromatic carbocycles. The van der Waals surface area contributed by atoms with Crippen LogP contribution in [0, 0.1) is 0 Å². The van der Waals surface area contributed by atoms with Crippen LogP contribution in [0.15, 0.2) is 18.3 Å². The van der Waals surface area contributed by atoms with Gasteiger partial charge in [-0.25, -0.2) is 4.98 Å². The van der Waals surface area contributed by atoms with E-state index in [1.165, 1.54) is 13.3 Å². The van der Waals surface area contributed by atoms with Crippen LogP contribution in [0.4, 0.5) is 8.78 Å². The van der Waals surface area contributed by atoms with Crippen LogP contribution in [0.5, 0.6) is 5.88 Å². The van der Waals surface area contributed by atoms with Crippen LogP contribution < -0.4 is 15.4 Å². The normalized spacial score (nSPS) is 21.8. The number of hydrogen-bond donors (Lipinski definition) is 2. The molecule has 1 aromatic rings. The first-order chi connectivity index (χ1) is 9.81. The van der Waals surface area contributed by atoms with Crippen molar-refractivity contribution in [3.05, 3.63) is 23.9 Å². The molecule has 2 amide bonds. The zero-order valence-corrected chi connectivity index (χ0v) is 11.5. The van der Waals surface area contributed by atoms with E-state index < -0.39 is 23.9 Å². The quantitative estimate of drug-likeness (QED) is 0.861. The number of hydrogen-bond acceptors (Lipinski definition) is 4. The van der Waals surface area contributed by atoms with Crippen molar-refractivity contribution in [2.24, 2.45) is 0 Å². The molecule has 2 atom stereocenters. The van der Waals surface area contributed by atoms with Crippen LogP contribution in [-0.4, -0.2) is 35.9 Å². The second kappa shape index (κ2) is 5.63. The number of methoxy groups -OCH3 is 1. The van der Waals surface area contributed by atoms with Gasteiger partial charge >= 0.3 is 5.92 Å². The van der Waals surface area contributed by atoms with Crippen LogP contribution in [0.2, 0.25) is 0 Å². The van der Waals surface area contributed by atoms with Crippen molar-refractivity contribution in [1.82, 2.24) is 15.6 Å². The SMILES string of the molecule is COc1cc([C@H]2NC(=O)C[C@@H]2NC(=O)C(C)(F)F)ccn1. The molecule has 114 valence electrons. The fourth-order valence-corrected chi connectivity index (χ4v) is 2.13. The summed E-state index contributed by atoms with van der Waals surface area (Å²) in [6.45, 7) is 0.511. The first-order valence-electron chi connectivity index (χ1n) is 6.29. The minimum Gasteiger partial charge on any atom is -0.481 e. The Morgan fingerprint density at radius 1 is 1.57 bits per heavy atom. The van der Waals surface area contributed by atoms with Gasteiger partial charge in [0.25, 0.3) is 5.91 Å². The highest BCUT2D eigenvalue weighted by Gasteiger charge is 2.40. The first kappa shape index (κ1) is 15.1. The molecule has 6 nitrogen and oxygen atoms in total. The molecule has 1 fully saturated rings. The maximum absolute atomic E-state index is 13.0. The number of alkyl halides is 2. The molecule has 0 spiro atoms. The van der Waals surface area contributed by atoms with Gasteiger partial charge in [0, 0.05) is 25.6 Å². The smallest absolute Gasteiger partial charge is 0.321 e. The third kappa shape index (κ3) is 3.45. The van der Waals surface area contributed by atoms with E-state index in [1.807, 2.05) is 0 Å². The van der Waals surface area contributed by atoms with Gasteiger partial charge in [0.15, 0.2) is 0 Å². The molecule has 0 saturated carbocycles. The van der Waals surface area contributed by atoms with Crippen LogP contribution in [0.1, 0.15) is 24.9 Å². The van der Waals surface area contributed by atoms with Gasteiger partial charge in [0.2, 0.25) is 11.8 Å². The molecular weight excluding hydrogens is 284 g/mol. The Balaban J connectivity index is 2.20. The number of amides is 2. The lowest BCUT2D eigenvalue weighted by molar-refractivity contribution is -0.143. The van der Waals surface area contributed by atoms with Crippen LogP contribution in [0.3, 0.4) is 0 Å². The molecule has 1 aliphatic heterocycles. The number of aromatic nitrogens is 1. The third-order valence-corrected chi connectivity index (χ3v) is 3.17. The average Bonchev–Trinajstić information content (AvgIpc) is 2.78. The zero-order chi connectivity index (χ0) is 15.6. The maximum Gasteiger partial charge on any atom is 0.321 e. The Bertz CT molecular complexity index is 560. The van der Waals surface area contributed by atoms with Crippen molar-refractivity contribution in [3.8, 4) is 5.88 Å². The Labute approximate surface area is 119 Å². The Kier molecular flexibility index (Phi) is 4.06. The van der Waals surface area contributed by atoms with E-state index in [2.05, 4.69) is 15.6 Å². The predicted molar refractivity (Wildman–Crippen MR) is 68.8 cm³/mol. The number of halogens is 2. The number of carbonyl (C=O) groups is 2. The van der Waals surface area contributed by atoms with E-state index in [1.54, 1.807) is 12.1 Å². The standard InChI is InChI=1S/C13H15F2N3O3/c1-13(14,15)12(20)17-8-6-9(19)18-11(8)7-3-4-16-10(5-7)21-2/h3-5,8,11H,6H2,1-2H3,(H,17,20)(H,18,19)/t8-,11+/m0/s1. The monoisotopic (exact) mass is 299 g/mol. The van der Waals surface area contributed by atoms with Crippen molar-refractivity contribution in [1.29, 1.82) is 0 Å². The second-order valence-corrected chi connectivity index (χ2v) is 4.85. The fourth-order valence-electron chi connectivity index (χ4n) is 2.13. The van der Waals surface area contributed by atoms with Gasteiger partial charge < -0.3 is 15.4 Å². The molecule has 2 heterocycles. The largest absolute Gasteiger partial charge is 0.481 e. The molecule has 0 bridgehead atoms. The summed E-state index contributed by atoms with van der Waals surface area (Å²) in [6, 6.07) is 1.87. The number of ether oxygens (including phenoxy) is 1. The van der Waals surface area contributed by atoms with Crippen LogP contribution in [-0.2, 0) is 9.59 Å². The molecule has 0 radical (unpaired) electrons. The summed E-state index contributed by atoms with van der Waals surface area (Å²) in [5.41, 5.74) is 0.623. The second-order valence-electron chi connectivity index (χ2n) is 4.85. The lowest BCUT2D eigenvalue weighted by atomic mass is 10.0. The number of nitrogens with zero attached hydrogens (tertiary/aromatic N) is 1. The summed E-state index contributed by atoms with van der Waals surface area (Å²) in [7, 11) is 1.44. The van der Waals surface area contributed by atoms with Gasteiger partial charge in [-0.1, -0.05) is 0 Å². The summed E-state index contributed by atoms with van der Waals surface area (Å²) in [5, 5.41) is 4.85. The summed E-state index contributed by atoms with van der Waals surface area (Å²) in [6.07, 6.45) is 1.42. The van der Waals surface area contributed by atoms with Crippen LogP contribution in [0.25, 0.3) is 0 Å². The topological polar surface area (TPSA) is 80.3 Å². The molecule has 0 unspecified atom stereocenters. The van der Waals surface area contributed by atoms with Crippen LogP contribution >= 0.6 is 0 Å². The highest BCUT2D eigenvalue weighted by Crippen LogP contribution is 2.27. The van der Waals surface area contributed by atoms with E-state index in [-0.39, 0.29) is 12.3 Å². The van der Waals surface area contributed by atoms with Crippen molar-refractivity contribution in [2.75, 3.05) is 7.11 Å². The number of carbonyl (C=O) groups excluding carboxylic acids is 2. The molecule has 0 aliphatic carbocycles. The van der Waals surface area contributed by atoms with E-state index >= 15 is 0 Å². The third-order valence-electron chi connectivity index (χ3n) is 3.17. The Morgan fingerprint density at radius 3 is 2.90 bits per heavy atom. The molecule has 2 N–H and O–H groups in total. The lowest BCUT2D eigenvalue weighted by Gasteiger charge is -2.22.